The van der Waals surface area contributed by atoms with Gasteiger partial charge in [0.05, 0.1) is 11.7 Å². The zero-order chi connectivity index (χ0) is 19.3. The van der Waals surface area contributed by atoms with E-state index >= 15 is 0 Å². The third-order valence-electron chi connectivity index (χ3n) is 5.76. The van der Waals surface area contributed by atoms with Gasteiger partial charge in [-0.05, 0) is 42.5 Å². The third-order valence-corrected chi connectivity index (χ3v) is 5.76. The highest BCUT2D eigenvalue weighted by Gasteiger charge is 2.36. The van der Waals surface area contributed by atoms with Gasteiger partial charge in [0.1, 0.15) is 5.75 Å². The fraction of sp³-hybridized carbons (Fsp3) is 0.478. The van der Waals surface area contributed by atoms with Crippen LogP contribution in [0.5, 0.6) is 5.75 Å². The number of phenols is 1. The van der Waals surface area contributed by atoms with E-state index in [2.05, 4.69) is 24.0 Å². The van der Waals surface area contributed by atoms with Crippen LogP contribution in [0.2, 0.25) is 0 Å². The number of aliphatic hydroxyl groups is 2. The Labute approximate surface area is 162 Å². The van der Waals surface area contributed by atoms with Crippen LogP contribution in [0.15, 0.2) is 54.6 Å². The number of hydrogen-bond acceptors (Lipinski definition) is 4. The maximum atomic E-state index is 11.0. The molecule has 1 aliphatic rings. The molecule has 0 spiro atoms. The van der Waals surface area contributed by atoms with E-state index in [9.17, 15) is 15.3 Å². The molecule has 2 aromatic rings. The first-order valence-corrected chi connectivity index (χ1v) is 9.98. The minimum absolute atomic E-state index is 0.0285. The first kappa shape index (κ1) is 19.9. The Hall–Kier alpha value is -1.88. The van der Waals surface area contributed by atoms with Crippen LogP contribution in [0.25, 0.3) is 0 Å². The summed E-state index contributed by atoms with van der Waals surface area (Å²) in [5.41, 5.74) is 1.33. The van der Waals surface area contributed by atoms with Crippen LogP contribution in [0.3, 0.4) is 0 Å². The van der Waals surface area contributed by atoms with Crippen molar-refractivity contribution in [2.45, 2.75) is 56.8 Å². The van der Waals surface area contributed by atoms with E-state index in [4.69, 9.17) is 0 Å². The molecular weight excluding hydrogens is 338 g/mol. The molecule has 27 heavy (non-hydrogen) atoms. The number of rotatable bonds is 7. The van der Waals surface area contributed by atoms with Gasteiger partial charge in [-0.2, -0.15) is 0 Å². The first-order chi connectivity index (χ1) is 13.0. The molecule has 1 saturated heterocycles. The average Bonchev–Trinajstić information content (AvgIpc) is 2.68. The number of hydrogen-bond donors (Lipinski definition) is 3. The standard InChI is InChI=1S/C23H31NO3/c1-2-6-21(22(26)19-9-11-20(25)12-10-19)24-15-13-23(27,14-16-24)17-18-7-4-3-5-8-18/h3-5,7-12,21-22,25-27H,2,6,13-17H2,1H3. The normalized spacial score (nSPS) is 19.5. The molecule has 0 aliphatic carbocycles. The minimum atomic E-state index is -0.669. The summed E-state index contributed by atoms with van der Waals surface area (Å²) < 4.78 is 0. The quantitative estimate of drug-likeness (QED) is 0.697. The maximum Gasteiger partial charge on any atom is 0.115 e. The Bertz CT molecular complexity index is 693. The van der Waals surface area contributed by atoms with Crippen molar-refractivity contribution in [2.75, 3.05) is 13.1 Å². The molecule has 2 atom stereocenters. The molecule has 0 saturated carbocycles. The summed E-state index contributed by atoms with van der Waals surface area (Å²) in [6.45, 7) is 3.69. The Morgan fingerprint density at radius 1 is 1.00 bits per heavy atom. The highest BCUT2D eigenvalue weighted by Crippen LogP contribution is 2.32. The third kappa shape index (κ3) is 5.10. The Balaban J connectivity index is 1.65. The van der Waals surface area contributed by atoms with Gasteiger partial charge in [0.2, 0.25) is 0 Å². The van der Waals surface area contributed by atoms with E-state index in [1.54, 1.807) is 24.3 Å². The van der Waals surface area contributed by atoms with E-state index in [0.29, 0.717) is 19.3 Å². The summed E-state index contributed by atoms with van der Waals surface area (Å²) in [6.07, 6.45) is 3.41. The van der Waals surface area contributed by atoms with Crippen molar-refractivity contribution in [3.8, 4) is 5.75 Å². The van der Waals surface area contributed by atoms with E-state index in [-0.39, 0.29) is 11.8 Å². The van der Waals surface area contributed by atoms with E-state index in [0.717, 1.165) is 31.5 Å². The number of aromatic hydroxyl groups is 1. The molecule has 2 unspecified atom stereocenters. The lowest BCUT2D eigenvalue weighted by Crippen LogP contribution is -2.50. The lowest BCUT2D eigenvalue weighted by Gasteiger charge is -2.43. The van der Waals surface area contributed by atoms with Crippen LogP contribution in [0.1, 0.15) is 49.8 Å². The SMILES string of the molecule is CCCC(C(O)c1ccc(O)cc1)N1CCC(O)(Cc2ccccc2)CC1. The van der Waals surface area contributed by atoms with E-state index < -0.39 is 11.7 Å². The summed E-state index contributed by atoms with van der Waals surface area (Å²) in [5.74, 6) is 0.210. The first-order valence-electron chi connectivity index (χ1n) is 9.98. The van der Waals surface area contributed by atoms with Crippen molar-refractivity contribution in [3.63, 3.8) is 0 Å². The molecule has 2 aromatic carbocycles. The summed E-state index contributed by atoms with van der Waals surface area (Å²) in [5, 5.41) is 31.4. The van der Waals surface area contributed by atoms with Gasteiger partial charge in [0, 0.05) is 25.6 Å². The second-order valence-electron chi connectivity index (χ2n) is 7.82. The van der Waals surface area contributed by atoms with Crippen LogP contribution >= 0.6 is 0 Å². The summed E-state index contributed by atoms with van der Waals surface area (Å²) >= 11 is 0. The van der Waals surface area contributed by atoms with Gasteiger partial charge in [0.15, 0.2) is 0 Å². The molecule has 4 heteroatoms. The lowest BCUT2D eigenvalue weighted by molar-refractivity contribution is -0.0507. The second kappa shape index (κ2) is 8.87. The van der Waals surface area contributed by atoms with Crippen LogP contribution < -0.4 is 0 Å². The molecule has 0 amide bonds. The number of likely N-dealkylation sites (tertiary alicyclic amines) is 1. The number of piperidine rings is 1. The van der Waals surface area contributed by atoms with Crippen molar-refractivity contribution >= 4 is 0 Å². The minimum Gasteiger partial charge on any atom is -0.508 e. The van der Waals surface area contributed by atoms with Crippen LogP contribution in [0.4, 0.5) is 0 Å². The van der Waals surface area contributed by atoms with Gasteiger partial charge in [-0.15, -0.1) is 0 Å². The number of benzene rings is 2. The number of nitrogens with zero attached hydrogens (tertiary/aromatic N) is 1. The van der Waals surface area contributed by atoms with Gasteiger partial charge in [0.25, 0.3) is 0 Å². The maximum absolute atomic E-state index is 11.0. The molecule has 1 fully saturated rings. The molecule has 0 bridgehead atoms. The molecule has 146 valence electrons. The highest BCUT2D eigenvalue weighted by molar-refractivity contribution is 5.28. The fourth-order valence-corrected chi connectivity index (χ4v) is 4.15. The summed E-state index contributed by atoms with van der Waals surface area (Å²) in [6, 6.07) is 17.0. The molecule has 1 heterocycles. The molecule has 0 radical (unpaired) electrons. The molecule has 3 rings (SSSR count). The summed E-state index contributed by atoms with van der Waals surface area (Å²) in [7, 11) is 0. The lowest BCUT2D eigenvalue weighted by atomic mass is 9.84. The van der Waals surface area contributed by atoms with Crippen molar-refractivity contribution < 1.29 is 15.3 Å². The summed E-state index contributed by atoms with van der Waals surface area (Å²) in [4.78, 5) is 2.32. The number of phenolic OH excluding ortho intramolecular Hbond substituents is 1. The van der Waals surface area contributed by atoms with Crippen LogP contribution in [-0.4, -0.2) is 45.0 Å². The van der Waals surface area contributed by atoms with Gasteiger partial charge >= 0.3 is 0 Å². The monoisotopic (exact) mass is 369 g/mol. The van der Waals surface area contributed by atoms with Gasteiger partial charge in [-0.1, -0.05) is 55.8 Å². The predicted octanol–water partition coefficient (Wildman–Crippen LogP) is 3.66. The Morgan fingerprint density at radius 2 is 1.63 bits per heavy atom. The largest absolute Gasteiger partial charge is 0.508 e. The van der Waals surface area contributed by atoms with E-state index in [1.165, 1.54) is 5.56 Å². The predicted molar refractivity (Wildman–Crippen MR) is 108 cm³/mol. The average molecular weight is 370 g/mol. The van der Waals surface area contributed by atoms with Gasteiger partial charge in [-0.25, -0.2) is 0 Å². The molecule has 3 N–H and O–H groups in total. The Kier molecular flexibility index (Phi) is 6.53. The van der Waals surface area contributed by atoms with E-state index in [1.807, 2.05) is 18.2 Å². The number of aliphatic hydroxyl groups excluding tert-OH is 1. The van der Waals surface area contributed by atoms with Crippen molar-refractivity contribution in [1.29, 1.82) is 0 Å². The van der Waals surface area contributed by atoms with Crippen molar-refractivity contribution in [3.05, 3.63) is 65.7 Å². The van der Waals surface area contributed by atoms with Crippen LogP contribution in [0, 0.1) is 0 Å². The Morgan fingerprint density at radius 3 is 2.22 bits per heavy atom. The molecule has 4 nitrogen and oxygen atoms in total. The van der Waals surface area contributed by atoms with Gasteiger partial charge < -0.3 is 15.3 Å². The zero-order valence-corrected chi connectivity index (χ0v) is 16.1. The molecular formula is C23H31NO3. The topological polar surface area (TPSA) is 63.9 Å². The second-order valence-corrected chi connectivity index (χ2v) is 7.82. The fourth-order valence-electron chi connectivity index (χ4n) is 4.15. The van der Waals surface area contributed by atoms with Crippen molar-refractivity contribution in [2.24, 2.45) is 0 Å². The highest BCUT2D eigenvalue weighted by atomic mass is 16.3. The molecule has 1 aliphatic heterocycles. The smallest absolute Gasteiger partial charge is 0.115 e. The van der Waals surface area contributed by atoms with Crippen molar-refractivity contribution in [1.82, 2.24) is 4.90 Å². The van der Waals surface area contributed by atoms with Gasteiger partial charge in [-0.3, -0.25) is 4.90 Å². The zero-order valence-electron chi connectivity index (χ0n) is 16.1. The van der Waals surface area contributed by atoms with Crippen LogP contribution in [-0.2, 0) is 6.42 Å². The molecule has 0 aromatic heterocycles.